The summed E-state index contributed by atoms with van der Waals surface area (Å²) >= 11 is 0. The summed E-state index contributed by atoms with van der Waals surface area (Å²) in [5.41, 5.74) is 4.23. The Kier molecular flexibility index (Phi) is 17.7. The molecule has 3 atom stereocenters. The van der Waals surface area contributed by atoms with E-state index in [2.05, 4.69) is 41.5 Å². The summed E-state index contributed by atoms with van der Waals surface area (Å²) in [5, 5.41) is 10.4. The first kappa shape index (κ1) is 37.6. The van der Waals surface area contributed by atoms with Gasteiger partial charge in [0.05, 0.1) is 0 Å². The number of phosphoric acid groups is 1. The minimum Gasteiger partial charge on any atom is -1.00 e. The number of ether oxygens (including phenoxy) is 1. The van der Waals surface area contributed by atoms with E-state index in [0.29, 0.717) is 5.75 Å². The van der Waals surface area contributed by atoms with Crippen LogP contribution in [0.3, 0.4) is 0 Å². The Bertz CT molecular complexity index is 867. The molecule has 4 N–H and O–H groups in total. The van der Waals surface area contributed by atoms with Crippen molar-refractivity contribution < 1.29 is 81.9 Å². The van der Waals surface area contributed by atoms with Gasteiger partial charge in [0.15, 0.2) is 0 Å². The van der Waals surface area contributed by atoms with Crippen molar-refractivity contribution in [1.82, 2.24) is 0 Å². The Labute approximate surface area is 270 Å². The second kappa shape index (κ2) is 17.4. The van der Waals surface area contributed by atoms with Gasteiger partial charge in [0.1, 0.15) is 17.1 Å². The number of hydrogen-bond donors (Lipinski definition) is 4. The van der Waals surface area contributed by atoms with Crippen LogP contribution in [0.15, 0.2) is 0 Å². The maximum absolute atomic E-state index is 10.4. The average molecular weight is 569 g/mol. The molecule has 37 heavy (non-hydrogen) atoms. The number of benzene rings is 1. The average Bonchev–Trinajstić information content (AvgIpc) is 2.74. The Morgan fingerprint density at radius 2 is 1.32 bits per heavy atom. The molecule has 0 spiro atoms. The first-order valence-corrected chi connectivity index (χ1v) is 15.4. The number of fused-ring (bicyclic) bond motifs is 1. The molecule has 2 rings (SSSR count). The molecule has 0 aromatic heterocycles. The van der Waals surface area contributed by atoms with E-state index in [1.54, 1.807) is 0 Å². The fraction of sp³-hybridized carbons (Fsp3) is 0.793. The molecule has 1 aliphatic heterocycles. The van der Waals surface area contributed by atoms with Gasteiger partial charge in [0, 0.05) is 5.56 Å². The van der Waals surface area contributed by atoms with Crippen molar-refractivity contribution in [2.75, 3.05) is 0 Å². The molecule has 6 nitrogen and oxygen atoms in total. The quantitative estimate of drug-likeness (QED) is 0.208. The molecular formula is C29H54KO6P. The maximum Gasteiger partial charge on any atom is 1.00 e. The normalized spacial score (nSPS) is 18.7. The molecule has 0 radical (unpaired) electrons. The van der Waals surface area contributed by atoms with Crippen LogP contribution < -0.4 is 56.1 Å². The number of phenolic OH excluding ortho intramolecular Hbond substituents is 1. The van der Waals surface area contributed by atoms with Gasteiger partial charge in [0.2, 0.25) is 0 Å². The van der Waals surface area contributed by atoms with Crippen LogP contribution in [0, 0.1) is 38.5 Å². The first-order chi connectivity index (χ1) is 16.5. The van der Waals surface area contributed by atoms with E-state index in [4.69, 9.17) is 24.0 Å². The number of phenols is 1. The monoisotopic (exact) mass is 568 g/mol. The van der Waals surface area contributed by atoms with Gasteiger partial charge in [0.25, 0.3) is 0 Å². The summed E-state index contributed by atoms with van der Waals surface area (Å²) in [6, 6.07) is 0. The van der Waals surface area contributed by atoms with E-state index in [1.807, 2.05) is 13.8 Å². The molecule has 8 heteroatoms. The van der Waals surface area contributed by atoms with Gasteiger partial charge in [-0.1, -0.05) is 72.6 Å². The minimum absolute atomic E-state index is 0. The van der Waals surface area contributed by atoms with Crippen LogP contribution in [0.2, 0.25) is 0 Å². The Morgan fingerprint density at radius 3 is 1.81 bits per heavy atom. The predicted molar refractivity (Wildman–Crippen MR) is 150 cm³/mol. The fourth-order valence-electron chi connectivity index (χ4n) is 5.27. The second-order valence-electron chi connectivity index (χ2n) is 12.0. The first-order valence-electron chi connectivity index (χ1n) is 13.8. The predicted octanol–water partition coefficient (Wildman–Crippen LogP) is 5.03. The standard InChI is InChI=1S/C29H50O2.K.H3O4P.H/c1-20(2)12-9-13-21(3)14-10-15-22(4)16-11-18-29(8)19-17-26-25(7)27(30)23(5)24(6)28(26)31-29;;1-5(2,3)4;/h20-22,30H,9-19H2,1-8H3;;(H3,1,2,3,4);/q;+1;;-1/t21-,22-,29-;;;/m1.../s1. The van der Waals surface area contributed by atoms with Gasteiger partial charge in [-0.25, -0.2) is 4.57 Å². The third-order valence-corrected chi connectivity index (χ3v) is 7.87. The van der Waals surface area contributed by atoms with E-state index in [1.165, 1.54) is 56.9 Å². The van der Waals surface area contributed by atoms with E-state index < -0.39 is 7.82 Å². The van der Waals surface area contributed by atoms with Gasteiger partial charge in [-0.3, -0.25) is 0 Å². The molecule has 0 saturated carbocycles. The van der Waals surface area contributed by atoms with Crippen molar-refractivity contribution in [3.8, 4) is 11.5 Å². The molecule has 1 heterocycles. The van der Waals surface area contributed by atoms with Crippen molar-refractivity contribution in [2.24, 2.45) is 17.8 Å². The molecule has 0 saturated heterocycles. The number of hydrogen-bond acceptors (Lipinski definition) is 3. The minimum atomic E-state index is -4.64. The van der Waals surface area contributed by atoms with Gasteiger partial charge in [-0.2, -0.15) is 0 Å². The molecule has 0 fully saturated rings. The van der Waals surface area contributed by atoms with Crippen molar-refractivity contribution in [1.29, 1.82) is 0 Å². The summed E-state index contributed by atoms with van der Waals surface area (Å²) in [4.78, 5) is 21.6. The Morgan fingerprint density at radius 1 is 0.865 bits per heavy atom. The van der Waals surface area contributed by atoms with Gasteiger partial charge in [-0.05, 0) is 87.8 Å². The SMILES string of the molecule is Cc1c(C)c2c(c(C)c1O)CC[C@@](C)(CCC[C@H](C)CCC[C@H](C)CCCC(C)C)O2.O=P(O)(O)O.[H-].[K+]. The molecular weight excluding hydrogens is 514 g/mol. The van der Waals surface area contributed by atoms with Crippen LogP contribution in [0.5, 0.6) is 11.5 Å². The summed E-state index contributed by atoms with van der Waals surface area (Å²) in [5.74, 6) is 4.04. The largest absolute Gasteiger partial charge is 1.00 e. The third kappa shape index (κ3) is 14.7. The van der Waals surface area contributed by atoms with E-state index in [-0.39, 0.29) is 58.4 Å². The molecule has 212 valence electrons. The van der Waals surface area contributed by atoms with Crippen LogP contribution in [-0.2, 0) is 11.0 Å². The van der Waals surface area contributed by atoms with Crippen LogP contribution in [0.25, 0.3) is 0 Å². The van der Waals surface area contributed by atoms with Crippen LogP contribution in [-0.4, -0.2) is 25.4 Å². The third-order valence-electron chi connectivity index (χ3n) is 7.87. The summed E-state index contributed by atoms with van der Waals surface area (Å²) in [7, 11) is -4.64. The van der Waals surface area contributed by atoms with Crippen molar-refractivity contribution in [3.63, 3.8) is 0 Å². The van der Waals surface area contributed by atoms with Crippen LogP contribution >= 0.6 is 7.82 Å². The van der Waals surface area contributed by atoms with E-state index in [9.17, 15) is 5.11 Å². The Hall–Kier alpha value is 0.566. The zero-order valence-electron chi connectivity index (χ0n) is 26.1. The summed E-state index contributed by atoms with van der Waals surface area (Å²) in [6.07, 6.45) is 14.1. The number of rotatable bonds is 12. The molecule has 0 aliphatic carbocycles. The van der Waals surface area contributed by atoms with Gasteiger partial charge >= 0.3 is 59.2 Å². The van der Waals surface area contributed by atoms with Crippen molar-refractivity contribution in [3.05, 3.63) is 22.3 Å². The maximum atomic E-state index is 10.4. The van der Waals surface area contributed by atoms with Gasteiger partial charge in [-0.15, -0.1) is 0 Å². The summed E-state index contributed by atoms with van der Waals surface area (Å²) in [6.45, 7) is 17.9. The van der Waals surface area contributed by atoms with Crippen LogP contribution in [0.1, 0.15) is 123 Å². The number of aromatic hydroxyl groups is 1. The summed E-state index contributed by atoms with van der Waals surface area (Å²) < 4.78 is 15.5. The molecule has 0 bridgehead atoms. The van der Waals surface area contributed by atoms with Crippen LogP contribution in [0.4, 0.5) is 0 Å². The zero-order valence-corrected chi connectivity index (χ0v) is 29.1. The topological polar surface area (TPSA) is 107 Å². The Balaban J connectivity index is 0. The smallest absolute Gasteiger partial charge is 1.00 e. The fourth-order valence-corrected chi connectivity index (χ4v) is 5.27. The van der Waals surface area contributed by atoms with Crippen molar-refractivity contribution in [2.45, 2.75) is 132 Å². The second-order valence-corrected chi connectivity index (χ2v) is 13.0. The van der Waals surface area contributed by atoms with E-state index in [0.717, 1.165) is 59.5 Å². The molecule has 1 aromatic rings. The molecule has 0 amide bonds. The molecule has 0 unspecified atom stereocenters. The molecule has 1 aromatic carbocycles. The van der Waals surface area contributed by atoms with Crippen molar-refractivity contribution >= 4 is 7.82 Å². The molecule has 1 aliphatic rings. The van der Waals surface area contributed by atoms with E-state index >= 15 is 0 Å². The van der Waals surface area contributed by atoms with Gasteiger partial charge < -0.3 is 26.0 Å². The zero-order chi connectivity index (χ0) is 27.7.